The van der Waals surface area contributed by atoms with Crippen molar-refractivity contribution in [2.24, 2.45) is 0 Å². The van der Waals surface area contributed by atoms with Gasteiger partial charge in [-0.15, -0.1) is 0 Å². The number of H-pyrrole nitrogens is 1. The Hall–Kier alpha value is -2.32. The first-order valence-electron chi connectivity index (χ1n) is 8.69. The topological polar surface area (TPSA) is 84.2 Å². The van der Waals surface area contributed by atoms with E-state index in [1.165, 1.54) is 0 Å². The molecule has 3 aromatic heterocycles. The highest BCUT2D eigenvalue weighted by molar-refractivity contribution is 5.34. The van der Waals surface area contributed by atoms with Crippen LogP contribution in [-0.2, 0) is 17.7 Å². The number of aromatic amines is 1. The average molecular weight is 341 g/mol. The van der Waals surface area contributed by atoms with E-state index in [9.17, 15) is 0 Å². The van der Waals surface area contributed by atoms with Gasteiger partial charge >= 0.3 is 0 Å². The Morgan fingerprint density at radius 3 is 2.96 bits per heavy atom. The van der Waals surface area contributed by atoms with Crippen LogP contribution in [0.2, 0.25) is 0 Å². The number of fused-ring (bicyclic) bond motifs is 1. The number of ether oxygens (including phenoxy) is 1. The van der Waals surface area contributed by atoms with Gasteiger partial charge in [-0.25, -0.2) is 15.0 Å². The Morgan fingerprint density at radius 1 is 1.28 bits per heavy atom. The number of hydrogen-bond donors (Lipinski definition) is 1. The number of nitrogens with one attached hydrogen (secondary N) is 1. The molecule has 1 aliphatic rings. The lowest BCUT2D eigenvalue weighted by atomic mass is 10.2. The van der Waals surface area contributed by atoms with Gasteiger partial charge in [0.15, 0.2) is 5.82 Å². The molecule has 0 spiro atoms. The molecule has 1 N–H and O–H groups in total. The highest BCUT2D eigenvalue weighted by Gasteiger charge is 2.25. The second-order valence-corrected chi connectivity index (χ2v) is 6.53. The molecule has 1 fully saturated rings. The SMILES string of the molecule is CCc1nc([C@@H]2CN(Cc3cn4c(C)cc(C)nc4n3)CCO2)n[nH]1. The van der Waals surface area contributed by atoms with Crippen molar-refractivity contribution in [1.29, 1.82) is 0 Å². The zero-order chi connectivity index (χ0) is 17.4. The van der Waals surface area contributed by atoms with Crippen LogP contribution in [0.4, 0.5) is 0 Å². The number of imidazole rings is 1. The molecule has 4 heterocycles. The molecular weight excluding hydrogens is 318 g/mol. The first-order valence-corrected chi connectivity index (χ1v) is 8.69. The standard InChI is InChI=1S/C17H23N7O/c1-4-15-20-16(22-21-15)14-10-23(5-6-25-14)8-13-9-24-12(3)7-11(2)18-17(24)19-13/h7,9,14H,4-6,8,10H2,1-3H3,(H,20,21,22)/t14-/m0/s1. The van der Waals surface area contributed by atoms with Gasteiger partial charge in [0.1, 0.15) is 11.9 Å². The van der Waals surface area contributed by atoms with Crippen molar-refractivity contribution in [3.63, 3.8) is 0 Å². The molecule has 1 aliphatic heterocycles. The molecule has 0 aromatic carbocycles. The molecule has 0 radical (unpaired) electrons. The summed E-state index contributed by atoms with van der Waals surface area (Å²) in [5, 5.41) is 7.25. The number of hydrogen-bond acceptors (Lipinski definition) is 6. The highest BCUT2D eigenvalue weighted by Crippen LogP contribution is 2.21. The summed E-state index contributed by atoms with van der Waals surface area (Å²) in [5.74, 6) is 2.40. The van der Waals surface area contributed by atoms with Crippen LogP contribution >= 0.6 is 0 Å². The molecule has 1 atom stereocenters. The summed E-state index contributed by atoms with van der Waals surface area (Å²) in [7, 11) is 0. The van der Waals surface area contributed by atoms with Crippen LogP contribution in [0.25, 0.3) is 5.78 Å². The smallest absolute Gasteiger partial charge is 0.234 e. The molecule has 4 rings (SSSR count). The fourth-order valence-electron chi connectivity index (χ4n) is 3.24. The van der Waals surface area contributed by atoms with Crippen molar-refractivity contribution in [2.75, 3.05) is 19.7 Å². The van der Waals surface area contributed by atoms with Gasteiger partial charge in [-0.1, -0.05) is 6.92 Å². The molecule has 1 saturated heterocycles. The van der Waals surface area contributed by atoms with Gasteiger partial charge in [0, 0.05) is 43.6 Å². The minimum atomic E-state index is -0.0931. The van der Waals surface area contributed by atoms with Crippen LogP contribution in [0.15, 0.2) is 12.3 Å². The summed E-state index contributed by atoms with van der Waals surface area (Å²) in [4.78, 5) is 16.0. The average Bonchev–Trinajstić information content (AvgIpc) is 3.21. The number of morpholine rings is 1. The lowest BCUT2D eigenvalue weighted by molar-refractivity contribution is -0.0373. The number of nitrogens with zero attached hydrogens (tertiary/aromatic N) is 6. The van der Waals surface area contributed by atoms with Gasteiger partial charge in [0.05, 0.1) is 12.3 Å². The molecular formula is C17H23N7O. The van der Waals surface area contributed by atoms with Crippen LogP contribution < -0.4 is 0 Å². The first kappa shape index (κ1) is 16.2. The van der Waals surface area contributed by atoms with E-state index in [4.69, 9.17) is 4.74 Å². The Bertz CT molecular complexity index is 884. The van der Waals surface area contributed by atoms with Crippen LogP contribution in [0, 0.1) is 13.8 Å². The fraction of sp³-hybridized carbons (Fsp3) is 0.529. The van der Waals surface area contributed by atoms with E-state index in [1.807, 2.05) is 11.3 Å². The molecule has 3 aromatic rings. The van der Waals surface area contributed by atoms with Gasteiger partial charge < -0.3 is 4.74 Å². The summed E-state index contributed by atoms with van der Waals surface area (Å²) >= 11 is 0. The maximum atomic E-state index is 5.86. The molecule has 8 nitrogen and oxygen atoms in total. The lowest BCUT2D eigenvalue weighted by Crippen LogP contribution is -2.38. The monoisotopic (exact) mass is 341 g/mol. The molecule has 8 heteroatoms. The Morgan fingerprint density at radius 2 is 2.16 bits per heavy atom. The maximum absolute atomic E-state index is 5.86. The van der Waals surface area contributed by atoms with Crippen LogP contribution in [-0.4, -0.2) is 54.1 Å². The van der Waals surface area contributed by atoms with E-state index < -0.39 is 0 Å². The van der Waals surface area contributed by atoms with Crippen molar-refractivity contribution in [3.8, 4) is 0 Å². The molecule has 132 valence electrons. The Kier molecular flexibility index (Phi) is 4.22. The lowest BCUT2D eigenvalue weighted by Gasteiger charge is -2.30. The minimum Gasteiger partial charge on any atom is -0.367 e. The molecule has 0 aliphatic carbocycles. The quantitative estimate of drug-likeness (QED) is 0.776. The zero-order valence-corrected chi connectivity index (χ0v) is 14.9. The molecule has 0 unspecified atom stereocenters. The van der Waals surface area contributed by atoms with E-state index >= 15 is 0 Å². The van der Waals surface area contributed by atoms with E-state index in [0.717, 1.165) is 60.6 Å². The van der Waals surface area contributed by atoms with E-state index in [-0.39, 0.29) is 6.10 Å². The van der Waals surface area contributed by atoms with Gasteiger partial charge in [-0.3, -0.25) is 14.4 Å². The van der Waals surface area contributed by atoms with Crippen molar-refractivity contribution >= 4 is 5.78 Å². The van der Waals surface area contributed by atoms with Gasteiger partial charge in [0.2, 0.25) is 5.78 Å². The van der Waals surface area contributed by atoms with Crippen molar-refractivity contribution < 1.29 is 4.74 Å². The van der Waals surface area contributed by atoms with E-state index in [2.05, 4.69) is 56.2 Å². The third kappa shape index (κ3) is 3.27. The second kappa shape index (κ2) is 6.53. The Labute approximate surface area is 146 Å². The summed E-state index contributed by atoms with van der Waals surface area (Å²) < 4.78 is 7.90. The number of aryl methyl sites for hydroxylation is 3. The normalized spacial score (nSPS) is 18.9. The van der Waals surface area contributed by atoms with Gasteiger partial charge in [-0.2, -0.15) is 5.10 Å². The summed E-state index contributed by atoms with van der Waals surface area (Å²) in [6.45, 7) is 9.21. The molecule has 0 bridgehead atoms. The summed E-state index contributed by atoms with van der Waals surface area (Å²) in [6.07, 6.45) is 2.82. The highest BCUT2D eigenvalue weighted by atomic mass is 16.5. The minimum absolute atomic E-state index is 0.0931. The predicted octanol–water partition coefficient (Wildman–Crippen LogP) is 1.60. The summed E-state index contributed by atoms with van der Waals surface area (Å²) in [5.41, 5.74) is 3.16. The summed E-state index contributed by atoms with van der Waals surface area (Å²) in [6, 6.07) is 2.07. The predicted molar refractivity (Wildman–Crippen MR) is 92.2 cm³/mol. The zero-order valence-electron chi connectivity index (χ0n) is 14.9. The van der Waals surface area contributed by atoms with Crippen molar-refractivity contribution in [1.82, 2.24) is 34.4 Å². The van der Waals surface area contributed by atoms with Crippen LogP contribution in [0.3, 0.4) is 0 Å². The first-order chi connectivity index (χ1) is 12.1. The van der Waals surface area contributed by atoms with E-state index in [1.54, 1.807) is 0 Å². The second-order valence-electron chi connectivity index (χ2n) is 6.53. The van der Waals surface area contributed by atoms with Crippen LogP contribution in [0.5, 0.6) is 0 Å². The molecule has 0 saturated carbocycles. The maximum Gasteiger partial charge on any atom is 0.234 e. The third-order valence-electron chi connectivity index (χ3n) is 4.52. The number of rotatable bonds is 4. The third-order valence-corrected chi connectivity index (χ3v) is 4.52. The Balaban J connectivity index is 1.49. The van der Waals surface area contributed by atoms with Crippen molar-refractivity contribution in [2.45, 2.75) is 39.8 Å². The van der Waals surface area contributed by atoms with Gasteiger partial charge in [-0.05, 0) is 19.9 Å². The van der Waals surface area contributed by atoms with Gasteiger partial charge in [0.25, 0.3) is 0 Å². The number of aromatic nitrogens is 6. The van der Waals surface area contributed by atoms with E-state index in [0.29, 0.717) is 6.61 Å². The van der Waals surface area contributed by atoms with Crippen molar-refractivity contribution in [3.05, 3.63) is 41.0 Å². The largest absolute Gasteiger partial charge is 0.367 e. The fourth-order valence-corrected chi connectivity index (χ4v) is 3.24. The van der Waals surface area contributed by atoms with Crippen LogP contribution in [0.1, 0.15) is 41.8 Å². The molecule has 25 heavy (non-hydrogen) atoms. The molecule has 0 amide bonds.